The summed E-state index contributed by atoms with van der Waals surface area (Å²) >= 11 is 0. The molecule has 1 atom stereocenters. The van der Waals surface area contributed by atoms with Gasteiger partial charge in [-0.15, -0.1) is 0 Å². The van der Waals surface area contributed by atoms with Gasteiger partial charge < -0.3 is 25.0 Å². The first-order valence-electron chi connectivity index (χ1n) is 7.67. The van der Waals surface area contributed by atoms with Crippen LogP contribution in [0.4, 0.5) is 5.69 Å². The lowest BCUT2D eigenvalue weighted by molar-refractivity contribution is -1.01. The number of carboxylic acid groups (broad SMARTS) is 1. The molecule has 0 saturated carbocycles. The van der Waals surface area contributed by atoms with Crippen LogP contribution in [-0.2, 0) is 9.59 Å². The molecule has 0 spiro atoms. The number of hydrogen-bond donors (Lipinski definition) is 3. The number of nitrogens with zero attached hydrogens (tertiary/aromatic N) is 1. The minimum atomic E-state index is -1.21. The fourth-order valence-electron chi connectivity index (χ4n) is 2.82. The van der Waals surface area contributed by atoms with E-state index < -0.39 is 17.9 Å². The second kappa shape index (κ2) is 7.72. The molecular weight excluding hydrogens is 296 g/mol. The van der Waals surface area contributed by atoms with Crippen molar-refractivity contribution >= 4 is 17.6 Å². The van der Waals surface area contributed by atoms with Gasteiger partial charge in [0.2, 0.25) is 5.91 Å². The van der Waals surface area contributed by atoms with Gasteiger partial charge in [-0.1, -0.05) is 12.1 Å². The molecule has 0 unspecified atom stereocenters. The van der Waals surface area contributed by atoms with E-state index in [2.05, 4.69) is 12.4 Å². The normalized spacial score (nSPS) is 21.9. The van der Waals surface area contributed by atoms with Crippen molar-refractivity contribution in [2.24, 2.45) is 0 Å². The van der Waals surface area contributed by atoms with Crippen molar-refractivity contribution in [3.8, 4) is 6.07 Å². The van der Waals surface area contributed by atoms with Crippen molar-refractivity contribution in [1.29, 1.82) is 5.26 Å². The molecule has 3 N–H and O–H groups in total. The average molecular weight is 317 g/mol. The molecule has 23 heavy (non-hydrogen) atoms. The highest BCUT2D eigenvalue weighted by Gasteiger charge is 2.30. The number of aliphatic carboxylic acids is 1. The first-order valence-corrected chi connectivity index (χ1v) is 7.67. The molecule has 1 aromatic rings. The Morgan fingerprint density at radius 2 is 1.96 bits per heavy atom. The quantitative estimate of drug-likeness (QED) is 0.523. The van der Waals surface area contributed by atoms with Gasteiger partial charge in [0, 0.05) is 0 Å². The Morgan fingerprint density at radius 3 is 2.57 bits per heavy atom. The van der Waals surface area contributed by atoms with E-state index in [0.29, 0.717) is 24.3 Å². The van der Waals surface area contributed by atoms with E-state index >= 15 is 0 Å². The lowest BCUT2D eigenvalue weighted by atomic mass is 10.1. The van der Waals surface area contributed by atoms with E-state index in [9.17, 15) is 14.7 Å². The number of quaternary nitrogens is 2. The summed E-state index contributed by atoms with van der Waals surface area (Å²) in [7, 11) is 2.07. The summed E-state index contributed by atoms with van der Waals surface area (Å²) in [5, 5.41) is 23.1. The minimum Gasteiger partial charge on any atom is -0.544 e. The van der Waals surface area contributed by atoms with Crippen molar-refractivity contribution in [3.05, 3.63) is 29.8 Å². The Labute approximate surface area is 135 Å². The van der Waals surface area contributed by atoms with Crippen LogP contribution in [0.1, 0.15) is 12.0 Å². The highest BCUT2D eigenvalue weighted by molar-refractivity contribution is 5.94. The number of likely N-dealkylation sites (N-methyl/N-ethyl adjacent to an activating group) is 1. The Hall–Kier alpha value is -2.43. The maximum Gasteiger partial charge on any atom is 0.230 e. The summed E-state index contributed by atoms with van der Waals surface area (Å²) in [6, 6.07) is 7.76. The number of carbonyl (C=O) groups excluding carboxylic acids is 2. The number of amides is 1. The second-order valence-electron chi connectivity index (χ2n) is 5.90. The predicted molar refractivity (Wildman–Crippen MR) is 80.5 cm³/mol. The zero-order chi connectivity index (χ0) is 16.8. The number of rotatable bonds is 5. The van der Waals surface area contributed by atoms with Crippen molar-refractivity contribution in [2.75, 3.05) is 38.5 Å². The molecule has 2 rings (SSSR count). The number of nitriles is 1. The highest BCUT2D eigenvalue weighted by Crippen LogP contribution is 2.13. The summed E-state index contributed by atoms with van der Waals surface area (Å²) in [5.74, 6) is -1.62. The smallest absolute Gasteiger partial charge is 0.230 e. The number of carboxylic acids is 1. The van der Waals surface area contributed by atoms with Crippen molar-refractivity contribution in [3.63, 3.8) is 0 Å². The average Bonchev–Trinajstić information content (AvgIpc) is 2.54. The van der Waals surface area contributed by atoms with Gasteiger partial charge in [0.25, 0.3) is 0 Å². The topological polar surface area (TPSA) is 102 Å². The molecule has 0 aliphatic carbocycles. The van der Waals surface area contributed by atoms with Crippen LogP contribution >= 0.6 is 0 Å². The third kappa shape index (κ3) is 4.52. The van der Waals surface area contributed by atoms with Gasteiger partial charge in [-0.2, -0.15) is 5.26 Å². The molecular formula is C16H21N4O3+. The van der Waals surface area contributed by atoms with Crippen molar-refractivity contribution in [2.45, 2.75) is 12.5 Å². The number of para-hydroxylation sites is 1. The van der Waals surface area contributed by atoms with Crippen LogP contribution in [0.5, 0.6) is 0 Å². The van der Waals surface area contributed by atoms with Crippen LogP contribution in [0.25, 0.3) is 0 Å². The SMILES string of the molecule is C[NH+]1CC[NH+]([C@H](CC(=O)Nc2ccccc2C#N)C(=O)[O-])CC1. The van der Waals surface area contributed by atoms with E-state index in [1.165, 1.54) is 4.90 Å². The zero-order valence-electron chi connectivity index (χ0n) is 13.1. The number of hydrogen-bond acceptors (Lipinski definition) is 4. The molecule has 122 valence electrons. The van der Waals surface area contributed by atoms with Crippen LogP contribution in [0.2, 0.25) is 0 Å². The van der Waals surface area contributed by atoms with E-state index in [4.69, 9.17) is 5.26 Å². The van der Waals surface area contributed by atoms with Crippen LogP contribution in [0.3, 0.4) is 0 Å². The Morgan fingerprint density at radius 1 is 1.30 bits per heavy atom. The van der Waals surface area contributed by atoms with Crippen LogP contribution in [0, 0.1) is 11.3 Å². The zero-order valence-corrected chi connectivity index (χ0v) is 13.1. The van der Waals surface area contributed by atoms with Gasteiger partial charge in [0.15, 0.2) is 0 Å². The first-order chi connectivity index (χ1) is 11.0. The van der Waals surface area contributed by atoms with Gasteiger partial charge >= 0.3 is 0 Å². The molecule has 1 fully saturated rings. The largest absolute Gasteiger partial charge is 0.544 e. The number of carbonyl (C=O) groups is 2. The molecule has 7 nitrogen and oxygen atoms in total. The van der Waals surface area contributed by atoms with E-state index in [1.54, 1.807) is 24.3 Å². The van der Waals surface area contributed by atoms with Crippen molar-refractivity contribution < 1.29 is 24.5 Å². The summed E-state index contributed by atoms with van der Waals surface area (Å²) in [6.45, 7) is 3.15. The van der Waals surface area contributed by atoms with E-state index in [0.717, 1.165) is 18.0 Å². The predicted octanol–water partition coefficient (Wildman–Crippen LogP) is -3.58. The van der Waals surface area contributed by atoms with Crippen molar-refractivity contribution in [1.82, 2.24) is 0 Å². The molecule has 1 aliphatic rings. The van der Waals surface area contributed by atoms with Crippen LogP contribution in [-0.4, -0.2) is 51.1 Å². The van der Waals surface area contributed by atoms with Gasteiger partial charge in [-0.3, -0.25) is 4.79 Å². The lowest BCUT2D eigenvalue weighted by Gasteiger charge is -2.33. The maximum absolute atomic E-state index is 12.2. The maximum atomic E-state index is 12.2. The summed E-state index contributed by atoms with van der Waals surface area (Å²) in [4.78, 5) is 25.8. The van der Waals surface area contributed by atoms with E-state index in [-0.39, 0.29) is 6.42 Å². The Bertz CT molecular complexity index is 618. The van der Waals surface area contributed by atoms with Gasteiger partial charge in [0.05, 0.1) is 30.7 Å². The third-order valence-electron chi connectivity index (χ3n) is 4.23. The molecule has 1 aromatic carbocycles. The van der Waals surface area contributed by atoms with Crippen LogP contribution < -0.4 is 20.2 Å². The summed E-state index contributed by atoms with van der Waals surface area (Å²) < 4.78 is 0. The van der Waals surface area contributed by atoms with Crippen LogP contribution in [0.15, 0.2) is 24.3 Å². The number of anilines is 1. The fourth-order valence-corrected chi connectivity index (χ4v) is 2.82. The molecule has 1 aliphatic heterocycles. The van der Waals surface area contributed by atoms with E-state index in [1.807, 2.05) is 6.07 Å². The first kappa shape index (κ1) is 16.9. The number of benzene rings is 1. The third-order valence-corrected chi connectivity index (χ3v) is 4.23. The van der Waals surface area contributed by atoms with Gasteiger partial charge in [-0.25, -0.2) is 0 Å². The molecule has 1 saturated heterocycles. The Balaban J connectivity index is 2.01. The number of piperazine rings is 1. The standard InChI is InChI=1S/C16H20N4O3/c1-19-6-8-20(9-7-19)14(16(22)23)10-15(21)18-13-5-3-2-4-12(13)11-17/h2-5,14H,6-10H2,1H3,(H,18,21)(H,22,23)/p+1/t14-/m1/s1. The monoisotopic (exact) mass is 317 g/mol. The second-order valence-corrected chi connectivity index (χ2v) is 5.90. The highest BCUT2D eigenvalue weighted by atomic mass is 16.4. The van der Waals surface area contributed by atoms with Gasteiger partial charge in [0.1, 0.15) is 38.3 Å². The lowest BCUT2D eigenvalue weighted by Crippen LogP contribution is -3.29. The fraction of sp³-hybridized carbons (Fsp3) is 0.438. The molecule has 7 heteroatoms. The number of nitrogens with one attached hydrogen (secondary N) is 3. The molecule has 0 bridgehead atoms. The van der Waals surface area contributed by atoms with Gasteiger partial charge in [-0.05, 0) is 12.1 Å². The minimum absolute atomic E-state index is 0.156. The molecule has 0 radical (unpaired) electrons. The molecule has 1 heterocycles. The summed E-state index contributed by atoms with van der Waals surface area (Å²) in [5.41, 5.74) is 0.747. The molecule has 0 aromatic heterocycles. The molecule has 1 amide bonds. The summed E-state index contributed by atoms with van der Waals surface area (Å²) in [6.07, 6.45) is -0.156. The Kier molecular flexibility index (Phi) is 5.68.